The van der Waals surface area contributed by atoms with Crippen LogP contribution in [0.2, 0.25) is 0 Å². The molecule has 0 fully saturated rings. The van der Waals surface area contributed by atoms with Crippen LogP contribution in [0.1, 0.15) is 17.5 Å². The van der Waals surface area contributed by atoms with Crippen LogP contribution in [0.25, 0.3) is 10.8 Å². The van der Waals surface area contributed by atoms with E-state index in [0.29, 0.717) is 6.42 Å². The van der Waals surface area contributed by atoms with Crippen molar-refractivity contribution in [2.45, 2.75) is 20.3 Å². The number of thiazole rings is 1. The molecule has 0 aliphatic heterocycles. The molecule has 0 bridgehead atoms. The van der Waals surface area contributed by atoms with E-state index >= 15 is 0 Å². The number of aromatic nitrogens is 1. The van der Waals surface area contributed by atoms with Crippen molar-refractivity contribution in [3.05, 3.63) is 29.0 Å². The van der Waals surface area contributed by atoms with E-state index in [2.05, 4.69) is 4.98 Å². The molecule has 0 aromatic carbocycles. The Hall–Kier alpha value is -1.42. The summed E-state index contributed by atoms with van der Waals surface area (Å²) in [6, 6.07) is 3.70. The molecule has 4 heteroatoms. The fraction of sp³-hybridized carbons (Fsp3) is 0.273. The number of ketones is 1. The molecule has 78 valence electrons. The molecule has 3 nitrogen and oxygen atoms in total. The molecule has 2 heterocycles. The second-order valence-electron chi connectivity index (χ2n) is 3.38. The van der Waals surface area contributed by atoms with Crippen LogP contribution in [-0.4, -0.2) is 10.8 Å². The molecule has 2 aromatic heterocycles. The van der Waals surface area contributed by atoms with Crippen molar-refractivity contribution in [3.8, 4) is 10.8 Å². The smallest absolute Gasteiger partial charge is 0.162 e. The average molecular weight is 221 g/mol. The molecular formula is C11H11NO2S. The summed E-state index contributed by atoms with van der Waals surface area (Å²) in [5.41, 5.74) is 0.918. The molecule has 0 saturated heterocycles. The fourth-order valence-electron chi connectivity index (χ4n) is 1.32. The summed E-state index contributed by atoms with van der Waals surface area (Å²) in [4.78, 5) is 16.4. The maximum atomic E-state index is 11.0. The summed E-state index contributed by atoms with van der Waals surface area (Å²) in [5, 5.41) is 0.841. The predicted octanol–water partition coefficient (Wildman–Crippen LogP) is 2.84. The summed E-state index contributed by atoms with van der Waals surface area (Å²) in [7, 11) is 0. The van der Waals surface area contributed by atoms with Gasteiger partial charge in [0.25, 0.3) is 0 Å². The number of Topliss-reactive ketones (excluding diaryl/α,β-unsaturated/α-hetero) is 1. The lowest BCUT2D eigenvalue weighted by Crippen LogP contribution is -1.94. The summed E-state index contributed by atoms with van der Waals surface area (Å²) >= 11 is 1.52. The molecule has 0 amide bonds. The topological polar surface area (TPSA) is 43.1 Å². The zero-order valence-electron chi connectivity index (χ0n) is 8.61. The summed E-state index contributed by atoms with van der Waals surface area (Å²) in [5.74, 6) is 0.922. The molecule has 0 N–H and O–H groups in total. The largest absolute Gasteiger partial charge is 0.462 e. The normalized spacial score (nSPS) is 10.5. The van der Waals surface area contributed by atoms with Gasteiger partial charge in [-0.25, -0.2) is 4.98 Å². The third-order valence-electron chi connectivity index (χ3n) is 2.03. The van der Waals surface area contributed by atoms with Crippen molar-refractivity contribution < 1.29 is 9.21 Å². The van der Waals surface area contributed by atoms with Gasteiger partial charge in [0.1, 0.15) is 5.78 Å². The maximum Gasteiger partial charge on any atom is 0.162 e. The average Bonchev–Trinajstić information content (AvgIpc) is 2.75. The molecule has 0 atom stereocenters. The van der Waals surface area contributed by atoms with Gasteiger partial charge in [-0.2, -0.15) is 0 Å². The number of carbonyl (C=O) groups excluding carboxylic acids is 1. The van der Waals surface area contributed by atoms with Crippen LogP contribution in [0, 0.1) is 6.92 Å². The Morgan fingerprint density at radius 3 is 3.00 bits per heavy atom. The zero-order chi connectivity index (χ0) is 10.8. The van der Waals surface area contributed by atoms with Crippen LogP contribution in [0.5, 0.6) is 0 Å². The number of hydrogen-bond donors (Lipinski definition) is 0. The fourth-order valence-corrected chi connectivity index (χ4v) is 2.43. The summed E-state index contributed by atoms with van der Waals surface area (Å²) < 4.78 is 5.26. The highest BCUT2D eigenvalue weighted by atomic mass is 32.1. The highest BCUT2D eigenvalue weighted by molar-refractivity contribution is 7.15. The van der Waals surface area contributed by atoms with Gasteiger partial charge in [0, 0.05) is 11.3 Å². The van der Waals surface area contributed by atoms with Crippen LogP contribution in [0.4, 0.5) is 0 Å². The first-order valence-corrected chi connectivity index (χ1v) is 5.48. The molecule has 0 aliphatic rings. The van der Waals surface area contributed by atoms with Gasteiger partial charge in [0.05, 0.1) is 12.0 Å². The minimum atomic E-state index is 0.160. The predicted molar refractivity (Wildman–Crippen MR) is 58.9 cm³/mol. The van der Waals surface area contributed by atoms with Crippen LogP contribution in [-0.2, 0) is 11.2 Å². The Morgan fingerprint density at radius 1 is 1.60 bits per heavy atom. The van der Waals surface area contributed by atoms with Crippen LogP contribution in [0.15, 0.2) is 22.8 Å². The van der Waals surface area contributed by atoms with Gasteiger partial charge in [-0.15, -0.1) is 11.3 Å². The van der Waals surface area contributed by atoms with Gasteiger partial charge >= 0.3 is 0 Å². The van der Waals surface area contributed by atoms with Crippen LogP contribution < -0.4 is 0 Å². The molecule has 0 saturated carbocycles. The third kappa shape index (κ3) is 2.15. The lowest BCUT2D eigenvalue weighted by atomic mass is 10.2. The van der Waals surface area contributed by atoms with E-state index in [0.717, 1.165) is 21.3 Å². The minimum absolute atomic E-state index is 0.160. The van der Waals surface area contributed by atoms with Crippen LogP contribution in [0.3, 0.4) is 0 Å². The number of hydrogen-bond acceptors (Lipinski definition) is 4. The molecule has 0 aliphatic carbocycles. The lowest BCUT2D eigenvalue weighted by Gasteiger charge is -1.90. The first-order valence-electron chi connectivity index (χ1n) is 4.66. The SMILES string of the molecule is CC(=O)Cc1sc(-c2ccco2)nc1C. The van der Waals surface area contributed by atoms with E-state index in [-0.39, 0.29) is 5.78 Å². The van der Waals surface area contributed by atoms with Crippen molar-refractivity contribution in [1.29, 1.82) is 0 Å². The first-order chi connectivity index (χ1) is 7.16. The maximum absolute atomic E-state index is 11.0. The Morgan fingerprint density at radius 2 is 2.40 bits per heavy atom. The number of nitrogens with zero attached hydrogens (tertiary/aromatic N) is 1. The number of rotatable bonds is 3. The lowest BCUT2D eigenvalue weighted by molar-refractivity contribution is -0.116. The Bertz CT molecular complexity index is 471. The van der Waals surface area contributed by atoms with E-state index in [1.807, 2.05) is 19.1 Å². The highest BCUT2D eigenvalue weighted by Crippen LogP contribution is 2.28. The van der Waals surface area contributed by atoms with Crippen molar-refractivity contribution >= 4 is 17.1 Å². The van der Waals surface area contributed by atoms with Gasteiger partial charge in [0.15, 0.2) is 10.8 Å². The van der Waals surface area contributed by atoms with Gasteiger partial charge in [-0.05, 0) is 26.0 Å². The summed E-state index contributed by atoms with van der Waals surface area (Å²) in [6.07, 6.45) is 2.08. The monoisotopic (exact) mass is 221 g/mol. The van der Waals surface area contributed by atoms with Crippen LogP contribution >= 0.6 is 11.3 Å². The van der Waals surface area contributed by atoms with E-state index < -0.39 is 0 Å². The molecule has 2 rings (SSSR count). The number of carbonyl (C=O) groups is 1. The van der Waals surface area contributed by atoms with Crippen molar-refractivity contribution in [1.82, 2.24) is 4.98 Å². The van der Waals surface area contributed by atoms with E-state index in [9.17, 15) is 4.79 Å². The highest BCUT2D eigenvalue weighted by Gasteiger charge is 2.12. The molecule has 0 spiro atoms. The van der Waals surface area contributed by atoms with Gasteiger partial charge < -0.3 is 4.42 Å². The minimum Gasteiger partial charge on any atom is -0.462 e. The van der Waals surface area contributed by atoms with Gasteiger partial charge in [-0.3, -0.25) is 4.79 Å². The molecule has 0 unspecified atom stereocenters. The van der Waals surface area contributed by atoms with Crippen molar-refractivity contribution in [3.63, 3.8) is 0 Å². The Balaban J connectivity index is 2.33. The van der Waals surface area contributed by atoms with E-state index in [4.69, 9.17) is 4.42 Å². The number of aryl methyl sites for hydroxylation is 1. The second-order valence-corrected chi connectivity index (χ2v) is 4.47. The third-order valence-corrected chi connectivity index (χ3v) is 3.21. The van der Waals surface area contributed by atoms with Crippen molar-refractivity contribution in [2.24, 2.45) is 0 Å². The quantitative estimate of drug-likeness (QED) is 0.800. The second kappa shape index (κ2) is 3.98. The van der Waals surface area contributed by atoms with E-state index in [1.165, 1.54) is 11.3 Å². The molecule has 0 radical (unpaired) electrons. The molecular weight excluding hydrogens is 210 g/mol. The molecule has 15 heavy (non-hydrogen) atoms. The standard InChI is InChI=1S/C11H11NO2S/c1-7(13)6-10-8(2)12-11(15-10)9-4-3-5-14-9/h3-5H,6H2,1-2H3. The number of furan rings is 1. The van der Waals surface area contributed by atoms with Gasteiger partial charge in [0.2, 0.25) is 0 Å². The molecule has 2 aromatic rings. The Kier molecular flexibility index (Phi) is 2.68. The summed E-state index contributed by atoms with van der Waals surface area (Å²) in [6.45, 7) is 3.51. The zero-order valence-corrected chi connectivity index (χ0v) is 9.43. The first kappa shape index (κ1) is 10.1. The van der Waals surface area contributed by atoms with Gasteiger partial charge in [-0.1, -0.05) is 0 Å². The van der Waals surface area contributed by atoms with E-state index in [1.54, 1.807) is 13.2 Å². The van der Waals surface area contributed by atoms with Crippen molar-refractivity contribution in [2.75, 3.05) is 0 Å². The Labute approximate surface area is 91.8 Å².